The van der Waals surface area contributed by atoms with Crippen LogP contribution in [0.5, 0.6) is 5.75 Å². The van der Waals surface area contributed by atoms with Gasteiger partial charge in [0.2, 0.25) is 0 Å². The topological polar surface area (TPSA) is 121 Å². The zero-order valence-electron chi connectivity index (χ0n) is 16.9. The first-order chi connectivity index (χ1) is 16.3. The van der Waals surface area contributed by atoms with E-state index < -0.39 is 16.9 Å². The molecule has 0 atom stereocenters. The first kappa shape index (κ1) is 23.3. The van der Waals surface area contributed by atoms with Gasteiger partial charge in [0.15, 0.2) is 17.2 Å². The quantitative estimate of drug-likeness (QED) is 0.120. The first-order valence-corrected chi connectivity index (χ1v) is 11.1. The summed E-state index contributed by atoms with van der Waals surface area (Å²) >= 11 is 6.72. The fraction of sp³-hybridized carbons (Fsp3) is 0. The maximum Gasteiger partial charge on any atom is 0.363 e. The Kier molecular flexibility index (Phi) is 6.85. The molecule has 0 amide bonds. The van der Waals surface area contributed by atoms with Crippen LogP contribution in [0.3, 0.4) is 0 Å². The van der Waals surface area contributed by atoms with Crippen molar-refractivity contribution >= 4 is 67.5 Å². The molecule has 0 radical (unpaired) electrons. The molecule has 11 heteroatoms. The molecule has 0 saturated heterocycles. The second-order valence-electron chi connectivity index (χ2n) is 6.73. The lowest BCUT2D eigenvalue weighted by atomic mass is 10.1. The molecule has 0 N–H and O–H groups in total. The van der Waals surface area contributed by atoms with E-state index in [1.807, 2.05) is 0 Å². The number of hydrogen-bond donors (Lipinski definition) is 0. The molecule has 1 aliphatic heterocycles. The van der Waals surface area contributed by atoms with E-state index in [-0.39, 0.29) is 23.0 Å². The van der Waals surface area contributed by atoms with E-state index in [0.29, 0.717) is 25.8 Å². The number of hydrogen-bond acceptors (Lipinski definition) is 8. The molecular weight excluding hydrogens is 576 g/mol. The van der Waals surface area contributed by atoms with Gasteiger partial charge in [-0.2, -0.15) is 0 Å². The number of rotatable bonds is 6. The molecule has 0 unspecified atom stereocenters. The molecule has 3 aromatic rings. The zero-order chi connectivity index (χ0) is 24.2. The highest BCUT2D eigenvalue weighted by atomic mass is 79.9. The van der Waals surface area contributed by atoms with Crippen LogP contribution in [0.2, 0.25) is 0 Å². The van der Waals surface area contributed by atoms with Gasteiger partial charge in [0.25, 0.3) is 11.6 Å². The molecule has 1 aromatic heterocycles. The third kappa shape index (κ3) is 5.38. The molecule has 0 fully saturated rings. The summed E-state index contributed by atoms with van der Waals surface area (Å²) in [6.07, 6.45) is 5.38. The number of cyclic esters (lactones) is 1. The molecule has 2 heterocycles. The van der Waals surface area contributed by atoms with Crippen LogP contribution >= 0.6 is 31.9 Å². The van der Waals surface area contributed by atoms with Gasteiger partial charge < -0.3 is 13.9 Å². The summed E-state index contributed by atoms with van der Waals surface area (Å²) in [6, 6.07) is 12.3. The van der Waals surface area contributed by atoms with E-state index in [4.69, 9.17) is 13.9 Å². The summed E-state index contributed by atoms with van der Waals surface area (Å²) in [6.45, 7) is 0. The van der Waals surface area contributed by atoms with Crippen molar-refractivity contribution in [2.75, 3.05) is 0 Å². The number of non-ortho nitro benzene ring substituents is 1. The van der Waals surface area contributed by atoms with Gasteiger partial charge in [-0.05, 0) is 57.9 Å². The Bertz CT molecular complexity index is 1390. The van der Waals surface area contributed by atoms with E-state index in [9.17, 15) is 19.7 Å². The van der Waals surface area contributed by atoms with Crippen molar-refractivity contribution in [3.05, 3.63) is 103 Å². The number of aliphatic imine (C=N–C) groups is 1. The summed E-state index contributed by atoms with van der Waals surface area (Å²) in [5.41, 5.74) is 0.713. The fourth-order valence-electron chi connectivity index (χ4n) is 2.90. The molecule has 9 nitrogen and oxygen atoms in total. The van der Waals surface area contributed by atoms with Crippen molar-refractivity contribution in [3.63, 3.8) is 0 Å². The lowest BCUT2D eigenvalue weighted by Crippen LogP contribution is -2.06. The molecule has 0 spiro atoms. The Morgan fingerprint density at radius 1 is 1.15 bits per heavy atom. The highest BCUT2D eigenvalue weighted by molar-refractivity contribution is 9.11. The number of nitrogens with zero attached hydrogens (tertiary/aromatic N) is 2. The minimum Gasteiger partial charge on any atom is -0.459 e. The summed E-state index contributed by atoms with van der Waals surface area (Å²) in [7, 11) is 0. The maximum absolute atomic E-state index is 12.5. The molecule has 0 saturated carbocycles. The predicted molar refractivity (Wildman–Crippen MR) is 129 cm³/mol. The predicted octanol–water partition coefficient (Wildman–Crippen LogP) is 5.68. The minimum atomic E-state index is -0.733. The van der Waals surface area contributed by atoms with Crippen LogP contribution in [0, 0.1) is 10.1 Å². The van der Waals surface area contributed by atoms with Gasteiger partial charge in [-0.25, -0.2) is 14.6 Å². The van der Waals surface area contributed by atoms with Crippen molar-refractivity contribution in [3.8, 4) is 5.75 Å². The molecule has 170 valence electrons. The molecular formula is C23H12Br2N2O7. The van der Waals surface area contributed by atoms with Crippen LogP contribution in [-0.2, 0) is 14.3 Å². The highest BCUT2D eigenvalue weighted by Crippen LogP contribution is 2.35. The number of nitro benzene ring substituents is 1. The van der Waals surface area contributed by atoms with Crippen molar-refractivity contribution in [2.45, 2.75) is 0 Å². The molecule has 2 aromatic carbocycles. The summed E-state index contributed by atoms with van der Waals surface area (Å²) in [5.74, 6) is -0.967. The number of carbonyl (C=O) groups is 2. The number of esters is 2. The fourth-order valence-corrected chi connectivity index (χ4v) is 4.24. The van der Waals surface area contributed by atoms with Gasteiger partial charge in [-0.3, -0.25) is 10.1 Å². The second kappa shape index (κ2) is 9.98. The average Bonchev–Trinajstić information content (AvgIpc) is 3.45. The van der Waals surface area contributed by atoms with E-state index >= 15 is 0 Å². The van der Waals surface area contributed by atoms with Crippen LogP contribution in [0.15, 0.2) is 84.9 Å². The van der Waals surface area contributed by atoms with Gasteiger partial charge in [0, 0.05) is 28.2 Å². The Hall–Kier alpha value is -3.83. The normalized spacial score (nSPS) is 14.4. The highest BCUT2D eigenvalue weighted by Gasteiger charge is 2.26. The van der Waals surface area contributed by atoms with Crippen molar-refractivity contribution < 1.29 is 28.4 Å². The summed E-state index contributed by atoms with van der Waals surface area (Å²) < 4.78 is 16.9. The number of nitro groups is 1. The van der Waals surface area contributed by atoms with Gasteiger partial charge in [0.1, 0.15) is 0 Å². The maximum atomic E-state index is 12.5. The van der Waals surface area contributed by atoms with Crippen LogP contribution in [0.1, 0.15) is 16.9 Å². The van der Waals surface area contributed by atoms with E-state index in [0.717, 1.165) is 6.08 Å². The van der Waals surface area contributed by atoms with Gasteiger partial charge in [-0.1, -0.05) is 28.1 Å². The Morgan fingerprint density at radius 2 is 1.97 bits per heavy atom. The number of carbonyl (C=O) groups excluding carboxylic acids is 2. The van der Waals surface area contributed by atoms with Gasteiger partial charge >= 0.3 is 11.9 Å². The number of furan rings is 1. The van der Waals surface area contributed by atoms with Crippen molar-refractivity contribution in [2.24, 2.45) is 4.99 Å². The van der Waals surface area contributed by atoms with E-state index in [2.05, 4.69) is 36.9 Å². The monoisotopic (exact) mass is 586 g/mol. The average molecular weight is 588 g/mol. The Morgan fingerprint density at radius 3 is 2.71 bits per heavy atom. The third-order valence-corrected chi connectivity index (χ3v) is 5.42. The van der Waals surface area contributed by atoms with Crippen LogP contribution in [0.4, 0.5) is 5.69 Å². The minimum absolute atomic E-state index is 0.0131. The summed E-state index contributed by atoms with van der Waals surface area (Å²) in [4.78, 5) is 39.3. The first-order valence-electron chi connectivity index (χ1n) is 9.50. The van der Waals surface area contributed by atoms with Gasteiger partial charge in [0.05, 0.1) is 15.7 Å². The summed E-state index contributed by atoms with van der Waals surface area (Å²) in [5, 5.41) is 10.9. The van der Waals surface area contributed by atoms with E-state index in [1.54, 1.807) is 30.3 Å². The molecule has 34 heavy (non-hydrogen) atoms. The molecule has 4 rings (SSSR count). The number of benzene rings is 2. The van der Waals surface area contributed by atoms with E-state index in [1.165, 1.54) is 36.6 Å². The lowest BCUT2D eigenvalue weighted by Gasteiger charge is -2.09. The van der Waals surface area contributed by atoms with Crippen LogP contribution in [-0.4, -0.2) is 22.8 Å². The Labute approximate surface area is 208 Å². The van der Waals surface area contributed by atoms with Crippen LogP contribution < -0.4 is 4.74 Å². The molecule has 1 aliphatic rings. The molecule has 0 aliphatic carbocycles. The number of ether oxygens (including phenoxy) is 2. The zero-order valence-corrected chi connectivity index (χ0v) is 20.1. The number of halogens is 2. The largest absolute Gasteiger partial charge is 0.459 e. The van der Waals surface area contributed by atoms with Crippen molar-refractivity contribution in [1.29, 1.82) is 0 Å². The lowest BCUT2D eigenvalue weighted by molar-refractivity contribution is -0.384. The van der Waals surface area contributed by atoms with Crippen LogP contribution in [0.25, 0.3) is 12.2 Å². The molecule has 0 bridgehead atoms. The Balaban J connectivity index is 1.60. The smallest absolute Gasteiger partial charge is 0.363 e. The van der Waals surface area contributed by atoms with Crippen molar-refractivity contribution in [1.82, 2.24) is 0 Å². The third-order valence-electron chi connectivity index (χ3n) is 4.38. The second-order valence-corrected chi connectivity index (χ2v) is 8.50. The SMILES string of the molecule is O=C(/C=C/c1cccc([N+](=O)[O-])c1)Oc1c(Br)cc(Br)cc1/C=C1/N=C(c2ccco2)OC1=O. The standard InChI is InChI=1S/C23H12Br2N2O7/c24-15-10-14(11-18-23(29)34-22(26-18)19-5-2-8-32-19)21(17(25)12-15)33-20(28)7-6-13-3-1-4-16(9-13)27(30)31/h1-12H/b7-6+,18-11+. The van der Waals surface area contributed by atoms with Gasteiger partial charge in [-0.15, -0.1) is 0 Å².